The van der Waals surface area contributed by atoms with Gasteiger partial charge in [0, 0.05) is 24.1 Å². The van der Waals surface area contributed by atoms with Crippen molar-refractivity contribution in [1.82, 2.24) is 19.9 Å². The molecule has 3 heterocycles. The van der Waals surface area contributed by atoms with Crippen molar-refractivity contribution < 1.29 is 9.21 Å². The molecule has 0 bridgehead atoms. The second-order valence-electron chi connectivity index (χ2n) is 6.59. The molecule has 1 unspecified atom stereocenters. The van der Waals surface area contributed by atoms with E-state index in [4.69, 9.17) is 16.0 Å². The Hall–Kier alpha value is -3.13. The van der Waals surface area contributed by atoms with Crippen molar-refractivity contribution in [2.45, 2.75) is 25.3 Å². The van der Waals surface area contributed by atoms with Gasteiger partial charge in [0.05, 0.1) is 6.20 Å². The highest BCUT2D eigenvalue weighted by Gasteiger charge is 2.34. The molecule has 1 amide bonds. The molecule has 1 atom stereocenters. The van der Waals surface area contributed by atoms with Crippen LogP contribution in [0, 0.1) is 0 Å². The summed E-state index contributed by atoms with van der Waals surface area (Å²) in [6, 6.07) is 8.22. The van der Waals surface area contributed by atoms with E-state index in [0.717, 1.165) is 18.1 Å². The van der Waals surface area contributed by atoms with E-state index in [1.54, 1.807) is 11.1 Å². The van der Waals surface area contributed by atoms with Gasteiger partial charge < -0.3 is 14.3 Å². The zero-order valence-corrected chi connectivity index (χ0v) is 15.5. The number of rotatable bonds is 4. The zero-order valence-electron chi connectivity index (χ0n) is 14.8. The summed E-state index contributed by atoms with van der Waals surface area (Å²) in [7, 11) is 0. The van der Waals surface area contributed by atoms with E-state index < -0.39 is 17.2 Å². The molecule has 0 saturated carbocycles. The van der Waals surface area contributed by atoms with Crippen LogP contribution in [0.2, 0.25) is 5.02 Å². The number of amides is 1. The molecule has 1 fully saturated rings. The van der Waals surface area contributed by atoms with E-state index in [1.807, 2.05) is 24.3 Å². The molecule has 2 N–H and O–H groups in total. The molecule has 8 nitrogen and oxygen atoms in total. The average Bonchev–Trinajstić information content (AvgIpc) is 3.31. The average molecular weight is 401 g/mol. The van der Waals surface area contributed by atoms with Crippen molar-refractivity contribution in [1.29, 1.82) is 0 Å². The minimum Gasteiger partial charge on any atom is -0.443 e. The fraction of sp³-hybridized carbons (Fsp3) is 0.263. The van der Waals surface area contributed by atoms with E-state index in [9.17, 15) is 14.4 Å². The summed E-state index contributed by atoms with van der Waals surface area (Å²) in [4.78, 5) is 46.1. The van der Waals surface area contributed by atoms with Crippen LogP contribution >= 0.6 is 11.6 Å². The molecule has 2 aromatic heterocycles. The first-order valence-corrected chi connectivity index (χ1v) is 9.21. The van der Waals surface area contributed by atoms with Gasteiger partial charge >= 0.3 is 5.69 Å². The SMILES string of the molecule is O=C(c1cc(=O)[nH]c(=O)[nH]1)N1CCCC1c1ncc(Cc2ccccc2Cl)o1. The maximum absolute atomic E-state index is 12.8. The molecule has 1 aromatic carbocycles. The molecular weight excluding hydrogens is 384 g/mol. The lowest BCUT2D eigenvalue weighted by molar-refractivity contribution is 0.0708. The summed E-state index contributed by atoms with van der Waals surface area (Å²) < 4.78 is 5.89. The third kappa shape index (κ3) is 3.63. The standard InChI is InChI=1S/C19H17ClN4O4/c20-13-5-2-1-4-11(13)8-12-10-21-17(28-12)15-6-3-7-24(15)18(26)14-9-16(25)23-19(27)22-14/h1-2,4-5,9-10,15H,3,6-8H2,(H2,22,23,25,27). The number of carbonyl (C=O) groups excluding carboxylic acids is 1. The van der Waals surface area contributed by atoms with Crippen LogP contribution in [0.4, 0.5) is 0 Å². The molecule has 1 aliphatic rings. The molecule has 3 aromatic rings. The van der Waals surface area contributed by atoms with Gasteiger partial charge in [-0.25, -0.2) is 9.78 Å². The minimum absolute atomic E-state index is 0.0523. The highest BCUT2D eigenvalue weighted by Crippen LogP contribution is 2.33. The first kappa shape index (κ1) is 18.2. The Labute approximate surface area is 164 Å². The highest BCUT2D eigenvalue weighted by atomic mass is 35.5. The first-order valence-electron chi connectivity index (χ1n) is 8.84. The number of carbonyl (C=O) groups is 1. The zero-order chi connectivity index (χ0) is 19.7. The summed E-state index contributed by atoms with van der Waals surface area (Å²) in [5.41, 5.74) is -0.471. The fourth-order valence-electron chi connectivity index (χ4n) is 3.39. The number of halogens is 1. The summed E-state index contributed by atoms with van der Waals surface area (Å²) >= 11 is 6.19. The second-order valence-corrected chi connectivity index (χ2v) is 7.00. The Balaban J connectivity index is 1.56. The molecule has 0 radical (unpaired) electrons. The first-order chi connectivity index (χ1) is 13.5. The third-order valence-corrected chi connectivity index (χ3v) is 5.05. The van der Waals surface area contributed by atoms with Crippen molar-refractivity contribution in [2.24, 2.45) is 0 Å². The Bertz CT molecular complexity index is 1100. The number of nitrogens with zero attached hydrogens (tertiary/aromatic N) is 2. The number of hydrogen-bond acceptors (Lipinski definition) is 5. The van der Waals surface area contributed by atoms with Crippen molar-refractivity contribution in [2.75, 3.05) is 6.54 Å². The Kier molecular flexibility index (Phi) is 4.87. The molecular formula is C19H17ClN4O4. The molecule has 1 aliphatic heterocycles. The van der Waals surface area contributed by atoms with Gasteiger partial charge in [0.15, 0.2) is 0 Å². The Morgan fingerprint density at radius 1 is 1.29 bits per heavy atom. The van der Waals surface area contributed by atoms with Gasteiger partial charge in [0.25, 0.3) is 11.5 Å². The normalized spacial score (nSPS) is 16.5. The van der Waals surface area contributed by atoms with Gasteiger partial charge in [-0.1, -0.05) is 29.8 Å². The van der Waals surface area contributed by atoms with Gasteiger partial charge in [0.2, 0.25) is 5.89 Å². The van der Waals surface area contributed by atoms with Crippen LogP contribution < -0.4 is 11.2 Å². The monoisotopic (exact) mass is 400 g/mol. The van der Waals surface area contributed by atoms with Crippen molar-refractivity contribution in [3.63, 3.8) is 0 Å². The number of nitrogens with one attached hydrogen (secondary N) is 2. The van der Waals surface area contributed by atoms with Crippen LogP contribution in [0.1, 0.15) is 46.6 Å². The largest absolute Gasteiger partial charge is 0.443 e. The molecule has 144 valence electrons. The quantitative estimate of drug-likeness (QED) is 0.697. The van der Waals surface area contributed by atoms with Crippen molar-refractivity contribution in [3.05, 3.63) is 85.3 Å². The van der Waals surface area contributed by atoms with E-state index in [-0.39, 0.29) is 11.7 Å². The van der Waals surface area contributed by atoms with Crippen LogP contribution in [-0.4, -0.2) is 32.3 Å². The predicted molar refractivity (Wildman–Crippen MR) is 101 cm³/mol. The summed E-state index contributed by atoms with van der Waals surface area (Å²) in [6.45, 7) is 0.487. The molecule has 0 aliphatic carbocycles. The van der Waals surface area contributed by atoms with Crippen LogP contribution in [0.15, 0.2) is 50.5 Å². The predicted octanol–water partition coefficient (Wildman–Crippen LogP) is 2.27. The number of aromatic nitrogens is 3. The van der Waals surface area contributed by atoms with E-state index >= 15 is 0 Å². The minimum atomic E-state index is -0.718. The molecule has 0 spiro atoms. The molecule has 4 rings (SSSR count). The molecule has 9 heteroatoms. The number of H-pyrrole nitrogens is 2. The van der Waals surface area contributed by atoms with Crippen molar-refractivity contribution >= 4 is 17.5 Å². The Morgan fingerprint density at radius 3 is 2.89 bits per heavy atom. The Morgan fingerprint density at radius 2 is 2.11 bits per heavy atom. The van der Waals surface area contributed by atoms with Crippen LogP contribution in [0.3, 0.4) is 0 Å². The summed E-state index contributed by atoms with van der Waals surface area (Å²) in [5.74, 6) is 0.642. The number of hydrogen-bond donors (Lipinski definition) is 2. The fourth-order valence-corrected chi connectivity index (χ4v) is 3.60. The van der Waals surface area contributed by atoms with Gasteiger partial charge in [-0.2, -0.15) is 0 Å². The topological polar surface area (TPSA) is 112 Å². The highest BCUT2D eigenvalue weighted by molar-refractivity contribution is 6.31. The van der Waals surface area contributed by atoms with Crippen molar-refractivity contribution in [3.8, 4) is 0 Å². The molecule has 1 saturated heterocycles. The van der Waals surface area contributed by atoms with Gasteiger partial charge in [-0.15, -0.1) is 0 Å². The maximum Gasteiger partial charge on any atom is 0.326 e. The lowest BCUT2D eigenvalue weighted by Gasteiger charge is -2.22. The number of oxazole rings is 1. The van der Waals surface area contributed by atoms with Gasteiger partial charge in [-0.05, 0) is 24.5 Å². The lowest BCUT2D eigenvalue weighted by Crippen LogP contribution is -2.34. The van der Waals surface area contributed by atoms with E-state index in [1.165, 1.54) is 0 Å². The smallest absolute Gasteiger partial charge is 0.326 e. The van der Waals surface area contributed by atoms with E-state index in [2.05, 4.69) is 15.0 Å². The second kappa shape index (κ2) is 7.47. The lowest BCUT2D eigenvalue weighted by atomic mass is 10.1. The summed E-state index contributed by atoms with van der Waals surface area (Å²) in [6.07, 6.45) is 3.58. The van der Waals surface area contributed by atoms with Gasteiger partial charge in [-0.3, -0.25) is 14.6 Å². The van der Waals surface area contributed by atoms with Crippen LogP contribution in [0.5, 0.6) is 0 Å². The molecule has 28 heavy (non-hydrogen) atoms. The summed E-state index contributed by atoms with van der Waals surface area (Å²) in [5, 5.41) is 0.649. The number of likely N-dealkylation sites (tertiary alicyclic amines) is 1. The third-order valence-electron chi connectivity index (χ3n) is 4.68. The van der Waals surface area contributed by atoms with E-state index in [0.29, 0.717) is 36.1 Å². The number of aromatic amines is 2. The van der Waals surface area contributed by atoms with Crippen LogP contribution in [-0.2, 0) is 6.42 Å². The van der Waals surface area contributed by atoms with Crippen LogP contribution in [0.25, 0.3) is 0 Å². The maximum atomic E-state index is 12.8. The number of benzene rings is 1. The van der Waals surface area contributed by atoms with Gasteiger partial charge in [0.1, 0.15) is 17.5 Å².